The molecule has 2 amide bonds. The molecule has 1 aliphatic rings. The average molecular weight is 354 g/mol. The van der Waals surface area contributed by atoms with Crippen LogP contribution in [0.25, 0.3) is 0 Å². The molecule has 0 aliphatic heterocycles. The molecular weight excluding hydrogens is 331 g/mol. The Kier molecular flexibility index (Phi) is 6.00. The molecule has 0 aromatic heterocycles. The second kappa shape index (κ2) is 8.61. The van der Waals surface area contributed by atoms with E-state index in [2.05, 4.69) is 10.6 Å². The van der Waals surface area contributed by atoms with E-state index < -0.39 is 5.82 Å². The van der Waals surface area contributed by atoms with Crippen LogP contribution in [0, 0.1) is 11.7 Å². The Bertz CT molecular complexity index is 768. The van der Waals surface area contributed by atoms with Gasteiger partial charge in [0.2, 0.25) is 5.91 Å². The Balaban J connectivity index is 1.52. The number of carbonyl (C=O) groups is 2. The molecule has 26 heavy (non-hydrogen) atoms. The van der Waals surface area contributed by atoms with Gasteiger partial charge in [-0.3, -0.25) is 9.59 Å². The zero-order valence-corrected chi connectivity index (χ0v) is 14.6. The van der Waals surface area contributed by atoms with Gasteiger partial charge < -0.3 is 10.6 Å². The van der Waals surface area contributed by atoms with Crippen molar-refractivity contribution in [3.05, 3.63) is 65.5 Å². The quantitative estimate of drug-likeness (QED) is 0.842. The first-order chi connectivity index (χ1) is 12.6. The highest BCUT2D eigenvalue weighted by atomic mass is 19.1. The summed E-state index contributed by atoms with van der Waals surface area (Å²) in [6.45, 7) is 0.459. The number of amides is 2. The molecule has 2 aromatic rings. The van der Waals surface area contributed by atoms with Crippen molar-refractivity contribution in [2.75, 3.05) is 5.32 Å². The maximum absolute atomic E-state index is 13.2. The molecule has 0 unspecified atom stereocenters. The smallest absolute Gasteiger partial charge is 0.255 e. The summed E-state index contributed by atoms with van der Waals surface area (Å²) in [7, 11) is 0. The first kappa shape index (κ1) is 18.1. The van der Waals surface area contributed by atoms with Gasteiger partial charge in [0, 0.05) is 23.7 Å². The largest absolute Gasteiger partial charge is 0.352 e. The van der Waals surface area contributed by atoms with Crippen LogP contribution >= 0.6 is 0 Å². The number of hydrogen-bond acceptors (Lipinski definition) is 2. The third kappa shape index (κ3) is 4.91. The maximum Gasteiger partial charge on any atom is 0.255 e. The molecule has 136 valence electrons. The molecule has 0 radical (unpaired) electrons. The highest BCUT2D eigenvalue weighted by Gasteiger charge is 2.20. The third-order valence-electron chi connectivity index (χ3n) is 4.74. The van der Waals surface area contributed by atoms with Crippen LogP contribution in [-0.4, -0.2) is 11.8 Å². The number of halogens is 1. The molecule has 0 atom stereocenters. The van der Waals surface area contributed by atoms with Crippen molar-refractivity contribution in [1.82, 2.24) is 5.32 Å². The van der Waals surface area contributed by atoms with Crippen LogP contribution in [0.2, 0.25) is 0 Å². The van der Waals surface area contributed by atoms with E-state index in [4.69, 9.17) is 0 Å². The lowest BCUT2D eigenvalue weighted by Crippen LogP contribution is -2.31. The summed E-state index contributed by atoms with van der Waals surface area (Å²) >= 11 is 0. The molecule has 5 heteroatoms. The number of carbonyl (C=O) groups excluding carboxylic acids is 2. The van der Waals surface area contributed by atoms with Gasteiger partial charge in [-0.25, -0.2) is 4.39 Å². The summed E-state index contributed by atoms with van der Waals surface area (Å²) in [5.41, 5.74) is 1.84. The first-order valence-corrected chi connectivity index (χ1v) is 9.05. The monoisotopic (exact) mass is 354 g/mol. The standard InChI is InChI=1S/C21H23FN2O2/c22-18-7-4-8-19(13-18)24-21(26)17-11-9-15(10-12-17)14-23-20(25)16-5-2-1-3-6-16/h4,7-13,16H,1-3,5-6,14H2,(H,23,25)(H,24,26). The van der Waals surface area contributed by atoms with E-state index >= 15 is 0 Å². The van der Waals surface area contributed by atoms with Crippen LogP contribution in [-0.2, 0) is 11.3 Å². The molecule has 1 saturated carbocycles. The second-order valence-electron chi connectivity index (χ2n) is 6.71. The van der Waals surface area contributed by atoms with E-state index in [1.54, 1.807) is 24.3 Å². The second-order valence-corrected chi connectivity index (χ2v) is 6.71. The molecule has 1 fully saturated rings. The van der Waals surface area contributed by atoms with Crippen molar-refractivity contribution in [3.63, 3.8) is 0 Å². The van der Waals surface area contributed by atoms with E-state index in [-0.39, 0.29) is 17.7 Å². The Morgan fingerprint density at radius 1 is 1.00 bits per heavy atom. The number of anilines is 1. The molecule has 3 rings (SSSR count). The van der Waals surface area contributed by atoms with Gasteiger partial charge in [0.05, 0.1) is 0 Å². The van der Waals surface area contributed by atoms with Gasteiger partial charge in [-0.2, -0.15) is 0 Å². The number of hydrogen-bond donors (Lipinski definition) is 2. The Morgan fingerprint density at radius 2 is 1.73 bits per heavy atom. The minimum Gasteiger partial charge on any atom is -0.352 e. The summed E-state index contributed by atoms with van der Waals surface area (Å²) in [6.07, 6.45) is 5.44. The Morgan fingerprint density at radius 3 is 2.42 bits per heavy atom. The van der Waals surface area contributed by atoms with Crippen LogP contribution in [0.5, 0.6) is 0 Å². The van der Waals surface area contributed by atoms with Gasteiger partial charge >= 0.3 is 0 Å². The van der Waals surface area contributed by atoms with Gasteiger partial charge in [-0.15, -0.1) is 0 Å². The Labute approximate surface area is 152 Å². The van der Waals surface area contributed by atoms with Crippen molar-refractivity contribution in [2.24, 2.45) is 5.92 Å². The Hall–Kier alpha value is -2.69. The predicted octanol–water partition coefficient (Wildman–Crippen LogP) is 4.27. The normalized spacial score (nSPS) is 14.7. The minimum atomic E-state index is -0.396. The van der Waals surface area contributed by atoms with Crippen molar-refractivity contribution in [3.8, 4) is 0 Å². The molecule has 0 saturated heterocycles. The lowest BCUT2D eigenvalue weighted by Gasteiger charge is -2.20. The third-order valence-corrected chi connectivity index (χ3v) is 4.74. The van der Waals surface area contributed by atoms with Gasteiger partial charge in [-0.1, -0.05) is 37.5 Å². The molecule has 1 aliphatic carbocycles. The van der Waals surface area contributed by atoms with Gasteiger partial charge in [0.25, 0.3) is 5.91 Å². The highest BCUT2D eigenvalue weighted by Crippen LogP contribution is 2.23. The summed E-state index contributed by atoms with van der Waals surface area (Å²) in [5.74, 6) is -0.432. The van der Waals surface area contributed by atoms with E-state index in [0.29, 0.717) is 17.8 Å². The van der Waals surface area contributed by atoms with Crippen LogP contribution in [0.4, 0.5) is 10.1 Å². The SMILES string of the molecule is O=C(Nc1cccc(F)c1)c1ccc(CNC(=O)C2CCCCC2)cc1. The zero-order chi connectivity index (χ0) is 18.4. The molecule has 0 spiro atoms. The van der Waals surface area contributed by atoms with Crippen molar-refractivity contribution >= 4 is 17.5 Å². The average Bonchev–Trinajstić information content (AvgIpc) is 2.67. The number of rotatable bonds is 5. The zero-order valence-electron chi connectivity index (χ0n) is 14.6. The molecule has 2 N–H and O–H groups in total. The van der Waals surface area contributed by atoms with E-state index in [9.17, 15) is 14.0 Å². The molecule has 4 nitrogen and oxygen atoms in total. The van der Waals surface area contributed by atoms with Gasteiger partial charge in [-0.05, 0) is 48.7 Å². The molecule has 0 bridgehead atoms. The van der Waals surface area contributed by atoms with E-state index in [1.165, 1.54) is 18.6 Å². The summed E-state index contributed by atoms with van der Waals surface area (Å²) in [6, 6.07) is 12.8. The van der Waals surface area contributed by atoms with Crippen LogP contribution in [0.1, 0.15) is 48.0 Å². The van der Waals surface area contributed by atoms with Gasteiger partial charge in [0.15, 0.2) is 0 Å². The lowest BCUT2D eigenvalue weighted by molar-refractivity contribution is -0.126. The maximum atomic E-state index is 13.2. The van der Waals surface area contributed by atoms with Crippen molar-refractivity contribution < 1.29 is 14.0 Å². The number of nitrogens with one attached hydrogen (secondary N) is 2. The molecule has 2 aromatic carbocycles. The molecule has 0 heterocycles. The first-order valence-electron chi connectivity index (χ1n) is 9.05. The van der Waals surface area contributed by atoms with Crippen LogP contribution in [0.3, 0.4) is 0 Å². The van der Waals surface area contributed by atoms with Crippen molar-refractivity contribution in [2.45, 2.75) is 38.6 Å². The van der Waals surface area contributed by atoms with E-state index in [1.807, 2.05) is 12.1 Å². The topological polar surface area (TPSA) is 58.2 Å². The summed E-state index contributed by atoms with van der Waals surface area (Å²) in [5, 5.41) is 5.65. The number of benzene rings is 2. The van der Waals surface area contributed by atoms with Crippen LogP contribution < -0.4 is 10.6 Å². The predicted molar refractivity (Wildman–Crippen MR) is 99.2 cm³/mol. The molecular formula is C21H23FN2O2. The fraction of sp³-hybridized carbons (Fsp3) is 0.333. The fourth-order valence-electron chi connectivity index (χ4n) is 3.24. The lowest BCUT2D eigenvalue weighted by atomic mass is 9.88. The summed E-state index contributed by atoms with van der Waals surface area (Å²) in [4.78, 5) is 24.4. The fourth-order valence-corrected chi connectivity index (χ4v) is 3.24. The summed E-state index contributed by atoms with van der Waals surface area (Å²) < 4.78 is 13.2. The highest BCUT2D eigenvalue weighted by molar-refractivity contribution is 6.04. The van der Waals surface area contributed by atoms with Crippen molar-refractivity contribution in [1.29, 1.82) is 0 Å². The van der Waals surface area contributed by atoms with E-state index in [0.717, 1.165) is 31.2 Å². The minimum absolute atomic E-state index is 0.123. The van der Waals surface area contributed by atoms with Crippen LogP contribution in [0.15, 0.2) is 48.5 Å². The van der Waals surface area contributed by atoms with Gasteiger partial charge in [0.1, 0.15) is 5.82 Å².